The molecule has 4 rings (SSSR count). The van der Waals surface area contributed by atoms with Gasteiger partial charge >= 0.3 is 5.69 Å². The van der Waals surface area contributed by atoms with E-state index in [1.165, 1.54) is 13.2 Å². The van der Waals surface area contributed by atoms with Crippen molar-refractivity contribution in [3.8, 4) is 22.8 Å². The number of hydrogen-bond acceptors (Lipinski definition) is 6. The second-order valence-electron chi connectivity index (χ2n) is 7.01. The van der Waals surface area contributed by atoms with Crippen LogP contribution in [0.1, 0.15) is 22.4 Å². The van der Waals surface area contributed by atoms with E-state index in [2.05, 4.69) is 15.5 Å². The third-order valence-corrected chi connectivity index (χ3v) is 5.04. The highest BCUT2D eigenvalue weighted by Crippen LogP contribution is 2.42. The lowest BCUT2D eigenvalue weighted by Gasteiger charge is -2.15. The normalized spacial score (nSPS) is 13.0. The maximum absolute atomic E-state index is 11.8. The molecule has 2 aromatic carbocycles. The van der Waals surface area contributed by atoms with Crippen LogP contribution in [0.5, 0.6) is 11.5 Å². The van der Waals surface area contributed by atoms with Crippen molar-refractivity contribution in [2.45, 2.75) is 26.5 Å². The number of H-pyrrole nitrogens is 1. The van der Waals surface area contributed by atoms with Gasteiger partial charge in [-0.3, -0.25) is 15.2 Å². The standard InChI is InChI=1S/C21H22N4O4/c1-13-3-5-14(6-4-13)12-29-21-18(25(26)27)9-15(10-19(21)28-2)20-16-11-22-8-7-17(16)23-24-20/h3-6,9-10,22H,7-8,11-12H2,1-2H3,(H,23,24). The van der Waals surface area contributed by atoms with Gasteiger partial charge in [0, 0.05) is 42.4 Å². The van der Waals surface area contributed by atoms with Crippen LogP contribution in [0.2, 0.25) is 0 Å². The number of nitrogens with zero attached hydrogens (tertiary/aromatic N) is 2. The fourth-order valence-corrected chi connectivity index (χ4v) is 3.46. The van der Waals surface area contributed by atoms with Crippen molar-refractivity contribution in [2.75, 3.05) is 13.7 Å². The van der Waals surface area contributed by atoms with Crippen LogP contribution in [0.3, 0.4) is 0 Å². The van der Waals surface area contributed by atoms with Crippen LogP contribution in [0.25, 0.3) is 11.3 Å². The van der Waals surface area contributed by atoms with Crippen LogP contribution in [0.15, 0.2) is 36.4 Å². The Kier molecular flexibility index (Phi) is 5.18. The molecule has 3 aromatic rings. The van der Waals surface area contributed by atoms with E-state index in [4.69, 9.17) is 9.47 Å². The number of nitrogens with one attached hydrogen (secondary N) is 2. The van der Waals surface area contributed by atoms with Gasteiger partial charge < -0.3 is 14.8 Å². The summed E-state index contributed by atoms with van der Waals surface area (Å²) in [6, 6.07) is 11.1. The third-order valence-electron chi connectivity index (χ3n) is 5.04. The average molecular weight is 394 g/mol. The zero-order valence-electron chi connectivity index (χ0n) is 16.3. The third kappa shape index (κ3) is 3.79. The number of methoxy groups -OCH3 is 1. The van der Waals surface area contributed by atoms with Crippen LogP contribution < -0.4 is 14.8 Å². The summed E-state index contributed by atoms with van der Waals surface area (Å²) in [7, 11) is 1.48. The Labute approximate surface area is 168 Å². The minimum absolute atomic E-state index is 0.115. The van der Waals surface area contributed by atoms with E-state index in [9.17, 15) is 10.1 Å². The molecule has 2 heterocycles. The molecule has 8 nitrogen and oxygen atoms in total. The summed E-state index contributed by atoms with van der Waals surface area (Å²) in [4.78, 5) is 11.3. The summed E-state index contributed by atoms with van der Waals surface area (Å²) >= 11 is 0. The molecule has 1 aliphatic rings. The number of benzene rings is 2. The molecule has 0 bridgehead atoms. The molecule has 1 aromatic heterocycles. The van der Waals surface area contributed by atoms with Gasteiger partial charge in [0.2, 0.25) is 5.75 Å². The second-order valence-corrected chi connectivity index (χ2v) is 7.01. The van der Waals surface area contributed by atoms with Crippen molar-refractivity contribution in [1.29, 1.82) is 0 Å². The molecule has 2 N–H and O–H groups in total. The summed E-state index contributed by atoms with van der Waals surface area (Å²) in [5.41, 5.74) is 5.31. The highest BCUT2D eigenvalue weighted by molar-refractivity contribution is 5.73. The Hall–Kier alpha value is -3.39. The van der Waals surface area contributed by atoms with Crippen LogP contribution in [0, 0.1) is 17.0 Å². The number of ether oxygens (including phenoxy) is 2. The number of hydrogen-bond donors (Lipinski definition) is 2. The molecular weight excluding hydrogens is 372 g/mol. The van der Waals surface area contributed by atoms with Crippen LogP contribution >= 0.6 is 0 Å². The fourth-order valence-electron chi connectivity index (χ4n) is 3.46. The topological polar surface area (TPSA) is 102 Å². The zero-order valence-corrected chi connectivity index (χ0v) is 16.3. The first-order chi connectivity index (χ1) is 14.1. The smallest absolute Gasteiger partial charge is 0.315 e. The van der Waals surface area contributed by atoms with Crippen molar-refractivity contribution < 1.29 is 14.4 Å². The lowest BCUT2D eigenvalue weighted by atomic mass is 10.0. The predicted molar refractivity (Wildman–Crippen MR) is 108 cm³/mol. The molecule has 8 heteroatoms. The van der Waals surface area contributed by atoms with Gasteiger partial charge in [0.1, 0.15) is 6.61 Å². The lowest BCUT2D eigenvalue weighted by Crippen LogP contribution is -2.23. The monoisotopic (exact) mass is 394 g/mol. The molecule has 0 saturated heterocycles. The van der Waals surface area contributed by atoms with Crippen LogP contribution in [0.4, 0.5) is 5.69 Å². The maximum Gasteiger partial charge on any atom is 0.315 e. The van der Waals surface area contributed by atoms with Gasteiger partial charge in [-0.25, -0.2) is 0 Å². The largest absolute Gasteiger partial charge is 0.493 e. The van der Waals surface area contributed by atoms with E-state index in [-0.39, 0.29) is 18.0 Å². The molecular formula is C21H22N4O4. The van der Waals surface area contributed by atoms with E-state index in [1.807, 2.05) is 31.2 Å². The Morgan fingerprint density at radius 1 is 1.24 bits per heavy atom. The highest BCUT2D eigenvalue weighted by atomic mass is 16.6. The van der Waals surface area contributed by atoms with Gasteiger partial charge in [-0.05, 0) is 18.6 Å². The van der Waals surface area contributed by atoms with Gasteiger partial charge in [0.05, 0.1) is 17.7 Å². The van der Waals surface area contributed by atoms with E-state index < -0.39 is 4.92 Å². The lowest BCUT2D eigenvalue weighted by molar-refractivity contribution is -0.386. The maximum atomic E-state index is 11.8. The number of fused-ring (bicyclic) bond motifs is 1. The second kappa shape index (κ2) is 7.92. The Balaban J connectivity index is 1.71. The molecule has 29 heavy (non-hydrogen) atoms. The van der Waals surface area contributed by atoms with Crippen LogP contribution in [-0.2, 0) is 19.6 Å². The first-order valence-electron chi connectivity index (χ1n) is 9.38. The van der Waals surface area contributed by atoms with Crippen molar-refractivity contribution in [2.24, 2.45) is 0 Å². The van der Waals surface area contributed by atoms with Gasteiger partial charge in [-0.15, -0.1) is 0 Å². The summed E-state index contributed by atoms with van der Waals surface area (Å²) in [5, 5.41) is 22.5. The van der Waals surface area contributed by atoms with E-state index in [0.29, 0.717) is 23.6 Å². The number of aromatic nitrogens is 2. The highest BCUT2D eigenvalue weighted by Gasteiger charge is 2.26. The quantitative estimate of drug-likeness (QED) is 0.490. The number of aryl methyl sites for hydroxylation is 1. The van der Waals surface area contributed by atoms with E-state index in [1.54, 1.807) is 6.07 Å². The summed E-state index contributed by atoms with van der Waals surface area (Å²) in [6.07, 6.45) is 0.847. The summed E-state index contributed by atoms with van der Waals surface area (Å²) < 4.78 is 11.3. The summed E-state index contributed by atoms with van der Waals surface area (Å²) in [5.74, 6) is 0.422. The molecule has 0 unspecified atom stereocenters. The van der Waals surface area contributed by atoms with Crippen molar-refractivity contribution in [3.63, 3.8) is 0 Å². The van der Waals surface area contributed by atoms with Gasteiger partial charge in [-0.1, -0.05) is 29.8 Å². The SMILES string of the molecule is COc1cc(-c2n[nH]c3c2CNCC3)cc([N+](=O)[O-])c1OCc1ccc(C)cc1. The average Bonchev–Trinajstić information content (AvgIpc) is 3.17. The molecule has 0 saturated carbocycles. The van der Waals surface area contributed by atoms with Crippen molar-refractivity contribution >= 4 is 5.69 Å². The molecule has 150 valence electrons. The van der Waals surface area contributed by atoms with Gasteiger partial charge in [-0.2, -0.15) is 5.10 Å². The first-order valence-corrected chi connectivity index (χ1v) is 9.38. The Morgan fingerprint density at radius 2 is 2.03 bits per heavy atom. The van der Waals surface area contributed by atoms with Gasteiger partial charge in [0.25, 0.3) is 0 Å². The molecule has 0 radical (unpaired) electrons. The Bertz CT molecular complexity index is 1040. The minimum atomic E-state index is -0.451. The summed E-state index contributed by atoms with van der Waals surface area (Å²) in [6.45, 7) is 3.76. The fraction of sp³-hybridized carbons (Fsp3) is 0.286. The first kappa shape index (κ1) is 18.9. The molecule has 0 amide bonds. The van der Waals surface area contributed by atoms with Crippen LogP contribution in [-0.4, -0.2) is 28.8 Å². The van der Waals surface area contributed by atoms with Crippen molar-refractivity contribution in [1.82, 2.24) is 15.5 Å². The molecule has 0 spiro atoms. The molecule has 0 atom stereocenters. The number of aromatic amines is 1. The molecule has 0 aliphatic carbocycles. The number of nitro benzene ring substituents is 1. The van der Waals surface area contributed by atoms with E-state index in [0.717, 1.165) is 35.3 Å². The predicted octanol–water partition coefficient (Wildman–Crippen LogP) is 3.53. The van der Waals surface area contributed by atoms with Crippen molar-refractivity contribution in [3.05, 3.63) is 68.9 Å². The number of nitro groups is 1. The number of rotatable bonds is 6. The van der Waals surface area contributed by atoms with E-state index >= 15 is 0 Å². The molecule has 0 fully saturated rings. The van der Waals surface area contributed by atoms with Gasteiger partial charge in [0.15, 0.2) is 5.75 Å². The minimum Gasteiger partial charge on any atom is -0.493 e. The molecule has 1 aliphatic heterocycles. The Morgan fingerprint density at radius 3 is 2.76 bits per heavy atom. The zero-order chi connectivity index (χ0) is 20.4.